The second-order valence-corrected chi connectivity index (χ2v) is 3.67. The van der Waals surface area contributed by atoms with Gasteiger partial charge in [-0.05, 0) is 24.6 Å². The highest BCUT2D eigenvalue weighted by Crippen LogP contribution is 2.28. The number of hydrogen-bond donors (Lipinski definition) is 1. The molecular formula is C13H19F4NO2. The lowest BCUT2D eigenvalue weighted by molar-refractivity contribution is -0.274. The molecule has 0 amide bonds. The molecule has 2 N–H and O–H groups in total. The van der Waals surface area contributed by atoms with Crippen LogP contribution in [0.15, 0.2) is 18.2 Å². The Morgan fingerprint density at radius 2 is 1.70 bits per heavy atom. The highest BCUT2D eigenvalue weighted by atomic mass is 19.4. The van der Waals surface area contributed by atoms with Gasteiger partial charge in [0.1, 0.15) is 24.3 Å². The second kappa shape index (κ2) is 8.63. The Hall–Kier alpha value is -1.50. The topological polar surface area (TPSA) is 44.5 Å². The Bertz CT molecular complexity index is 396. The third kappa shape index (κ3) is 7.83. The van der Waals surface area contributed by atoms with E-state index in [0.29, 0.717) is 5.56 Å². The number of hydrogen-bond acceptors (Lipinski definition) is 3. The van der Waals surface area contributed by atoms with Crippen LogP contribution >= 0.6 is 0 Å². The summed E-state index contributed by atoms with van der Waals surface area (Å²) in [6, 6.07) is 3.73. The first kappa shape index (κ1) is 18.5. The standard InChI is InChI=1S/C11H13F4NO2.C2H6/c1-7-2-9(17-6-8(12)5-16)4-10(3-7)18-11(13,14)15;1-2/h2-4,8H,5-6,16H2,1H3;1-2H3/t8-;/m1./s1. The molecule has 0 aliphatic heterocycles. The van der Waals surface area contributed by atoms with E-state index in [0.717, 1.165) is 6.07 Å². The normalized spacial score (nSPS) is 12.2. The van der Waals surface area contributed by atoms with Gasteiger partial charge in [-0.2, -0.15) is 0 Å². The monoisotopic (exact) mass is 297 g/mol. The van der Waals surface area contributed by atoms with Crippen molar-refractivity contribution in [3.63, 3.8) is 0 Å². The maximum absolute atomic E-state index is 12.8. The third-order valence-electron chi connectivity index (χ3n) is 1.94. The lowest BCUT2D eigenvalue weighted by Gasteiger charge is -2.13. The third-order valence-corrected chi connectivity index (χ3v) is 1.94. The molecule has 1 aromatic carbocycles. The van der Waals surface area contributed by atoms with E-state index in [4.69, 9.17) is 10.5 Å². The SMILES string of the molecule is CC.Cc1cc(OC[C@H](F)CN)cc(OC(F)(F)F)c1. The number of halogens is 4. The maximum Gasteiger partial charge on any atom is 0.573 e. The minimum absolute atomic E-state index is 0.102. The predicted molar refractivity (Wildman–Crippen MR) is 68.7 cm³/mol. The lowest BCUT2D eigenvalue weighted by atomic mass is 10.2. The average Bonchev–Trinajstić information content (AvgIpc) is 2.35. The van der Waals surface area contributed by atoms with Crippen LogP contribution in [0.1, 0.15) is 19.4 Å². The molecule has 0 aliphatic rings. The summed E-state index contributed by atoms with van der Waals surface area (Å²) < 4.78 is 57.7. The average molecular weight is 297 g/mol. The van der Waals surface area contributed by atoms with E-state index in [2.05, 4.69) is 4.74 Å². The van der Waals surface area contributed by atoms with E-state index in [9.17, 15) is 17.6 Å². The van der Waals surface area contributed by atoms with E-state index in [1.807, 2.05) is 13.8 Å². The van der Waals surface area contributed by atoms with Gasteiger partial charge in [-0.15, -0.1) is 13.2 Å². The van der Waals surface area contributed by atoms with Crippen molar-refractivity contribution >= 4 is 0 Å². The number of ether oxygens (including phenoxy) is 2. The van der Waals surface area contributed by atoms with Crippen molar-refractivity contribution in [2.75, 3.05) is 13.2 Å². The fourth-order valence-corrected chi connectivity index (χ4v) is 1.24. The van der Waals surface area contributed by atoms with Crippen LogP contribution in [0.5, 0.6) is 11.5 Å². The minimum Gasteiger partial charge on any atom is -0.490 e. The van der Waals surface area contributed by atoms with Crippen molar-refractivity contribution in [1.29, 1.82) is 0 Å². The molecular weight excluding hydrogens is 278 g/mol. The van der Waals surface area contributed by atoms with Crippen molar-refractivity contribution in [2.24, 2.45) is 5.73 Å². The zero-order valence-electron chi connectivity index (χ0n) is 11.6. The molecule has 1 rings (SSSR count). The fourth-order valence-electron chi connectivity index (χ4n) is 1.24. The van der Waals surface area contributed by atoms with Crippen LogP contribution in [0.4, 0.5) is 17.6 Å². The van der Waals surface area contributed by atoms with Gasteiger partial charge in [0.25, 0.3) is 0 Å². The summed E-state index contributed by atoms with van der Waals surface area (Å²) in [6.45, 7) is 5.05. The van der Waals surface area contributed by atoms with E-state index in [-0.39, 0.29) is 18.9 Å². The molecule has 116 valence electrons. The highest BCUT2D eigenvalue weighted by molar-refractivity contribution is 5.37. The predicted octanol–water partition coefficient (Wildman–Crippen LogP) is 3.60. The summed E-state index contributed by atoms with van der Waals surface area (Å²) in [6.07, 6.45) is -6.14. The molecule has 7 heteroatoms. The smallest absolute Gasteiger partial charge is 0.490 e. The molecule has 0 heterocycles. The van der Waals surface area contributed by atoms with Crippen molar-refractivity contribution in [2.45, 2.75) is 33.3 Å². The molecule has 0 fully saturated rings. The summed E-state index contributed by atoms with van der Waals surface area (Å²) in [5.41, 5.74) is 5.56. The number of aryl methyl sites for hydroxylation is 1. The Labute approximate surface area is 115 Å². The van der Waals surface area contributed by atoms with Gasteiger partial charge in [0, 0.05) is 12.6 Å². The van der Waals surface area contributed by atoms with E-state index in [1.54, 1.807) is 6.92 Å². The molecule has 1 atom stereocenters. The zero-order chi connectivity index (χ0) is 15.8. The Balaban J connectivity index is 0.00000172. The quantitative estimate of drug-likeness (QED) is 0.845. The minimum atomic E-state index is -4.77. The molecule has 0 spiro atoms. The Kier molecular flexibility index (Phi) is 7.98. The number of nitrogens with two attached hydrogens (primary N) is 1. The number of rotatable bonds is 5. The van der Waals surface area contributed by atoms with Crippen LogP contribution in [0.3, 0.4) is 0 Å². The summed E-state index contributed by atoms with van der Waals surface area (Å²) >= 11 is 0. The van der Waals surface area contributed by atoms with Gasteiger partial charge in [-0.25, -0.2) is 4.39 Å². The first-order valence-corrected chi connectivity index (χ1v) is 6.14. The largest absolute Gasteiger partial charge is 0.573 e. The van der Waals surface area contributed by atoms with Crippen LogP contribution in [0, 0.1) is 6.92 Å². The van der Waals surface area contributed by atoms with Crippen LogP contribution < -0.4 is 15.2 Å². The van der Waals surface area contributed by atoms with Crippen molar-refractivity contribution in [3.8, 4) is 11.5 Å². The molecule has 0 aromatic heterocycles. The Morgan fingerprint density at radius 1 is 1.15 bits per heavy atom. The van der Waals surface area contributed by atoms with Gasteiger partial charge in [-0.3, -0.25) is 0 Å². The molecule has 0 saturated carbocycles. The molecule has 20 heavy (non-hydrogen) atoms. The molecule has 3 nitrogen and oxygen atoms in total. The van der Waals surface area contributed by atoms with Gasteiger partial charge in [0.2, 0.25) is 0 Å². The van der Waals surface area contributed by atoms with Crippen LogP contribution in [-0.2, 0) is 0 Å². The summed E-state index contributed by atoms with van der Waals surface area (Å²) in [5, 5.41) is 0. The van der Waals surface area contributed by atoms with Crippen LogP contribution in [0.25, 0.3) is 0 Å². The van der Waals surface area contributed by atoms with Crippen molar-refractivity contribution < 1.29 is 27.0 Å². The lowest BCUT2D eigenvalue weighted by Crippen LogP contribution is -2.22. The van der Waals surface area contributed by atoms with Gasteiger partial charge in [-0.1, -0.05) is 13.8 Å². The number of benzene rings is 1. The first-order valence-electron chi connectivity index (χ1n) is 6.14. The summed E-state index contributed by atoms with van der Waals surface area (Å²) in [5.74, 6) is -0.300. The highest BCUT2D eigenvalue weighted by Gasteiger charge is 2.31. The van der Waals surface area contributed by atoms with Crippen molar-refractivity contribution in [1.82, 2.24) is 0 Å². The molecule has 0 aliphatic carbocycles. The van der Waals surface area contributed by atoms with E-state index < -0.39 is 18.3 Å². The van der Waals surface area contributed by atoms with Gasteiger partial charge < -0.3 is 15.2 Å². The van der Waals surface area contributed by atoms with E-state index in [1.165, 1.54) is 12.1 Å². The van der Waals surface area contributed by atoms with Crippen molar-refractivity contribution in [3.05, 3.63) is 23.8 Å². The molecule has 0 bridgehead atoms. The maximum atomic E-state index is 12.8. The van der Waals surface area contributed by atoms with E-state index >= 15 is 0 Å². The Morgan fingerprint density at radius 3 is 2.20 bits per heavy atom. The molecule has 0 saturated heterocycles. The zero-order valence-corrected chi connectivity index (χ0v) is 11.6. The number of alkyl halides is 4. The molecule has 0 radical (unpaired) electrons. The first-order chi connectivity index (χ1) is 9.30. The van der Waals surface area contributed by atoms with Gasteiger partial charge in [0.05, 0.1) is 0 Å². The van der Waals surface area contributed by atoms with Gasteiger partial charge in [0.15, 0.2) is 0 Å². The molecule has 0 unspecified atom stereocenters. The van der Waals surface area contributed by atoms with Crippen LogP contribution in [-0.4, -0.2) is 25.7 Å². The summed E-state index contributed by atoms with van der Waals surface area (Å²) in [7, 11) is 0. The molecule has 1 aromatic rings. The summed E-state index contributed by atoms with van der Waals surface area (Å²) in [4.78, 5) is 0. The fraction of sp³-hybridized carbons (Fsp3) is 0.538. The van der Waals surface area contributed by atoms with Gasteiger partial charge >= 0.3 is 6.36 Å². The van der Waals surface area contributed by atoms with Crippen LogP contribution in [0.2, 0.25) is 0 Å². The second-order valence-electron chi connectivity index (χ2n) is 3.67.